The molecule has 5 nitrogen and oxygen atoms in total. The molecule has 1 fully saturated rings. The van der Waals surface area contributed by atoms with E-state index in [0.29, 0.717) is 0 Å². The first-order valence-corrected chi connectivity index (χ1v) is 8.80. The molecule has 2 atom stereocenters. The number of benzene rings is 2. The van der Waals surface area contributed by atoms with Gasteiger partial charge in [0.1, 0.15) is 0 Å². The SMILES string of the molecule is Cl.Cl.O=C(NC(c1ccccc1)c1ccc2nc[nH]c2c1)C1CCCNC1. The van der Waals surface area contributed by atoms with Gasteiger partial charge in [0.25, 0.3) is 0 Å². The molecule has 1 aliphatic rings. The summed E-state index contributed by atoms with van der Waals surface area (Å²) in [6.07, 6.45) is 3.69. The predicted octanol–water partition coefficient (Wildman–Crippen LogP) is 3.61. The van der Waals surface area contributed by atoms with Gasteiger partial charge < -0.3 is 15.6 Å². The fourth-order valence-electron chi connectivity index (χ4n) is 3.47. The van der Waals surface area contributed by atoms with Crippen molar-refractivity contribution in [3.63, 3.8) is 0 Å². The molecule has 3 aromatic rings. The smallest absolute Gasteiger partial charge is 0.225 e. The third kappa shape index (κ3) is 4.80. The van der Waals surface area contributed by atoms with Crippen molar-refractivity contribution in [2.24, 2.45) is 5.92 Å². The van der Waals surface area contributed by atoms with Crippen LogP contribution in [0.3, 0.4) is 0 Å². The lowest BCUT2D eigenvalue weighted by Gasteiger charge is -2.26. The van der Waals surface area contributed by atoms with Gasteiger partial charge in [-0.05, 0) is 42.6 Å². The van der Waals surface area contributed by atoms with Crippen LogP contribution in [0.25, 0.3) is 11.0 Å². The summed E-state index contributed by atoms with van der Waals surface area (Å²) in [5.74, 6) is 0.154. The number of rotatable bonds is 4. The van der Waals surface area contributed by atoms with Gasteiger partial charge >= 0.3 is 0 Å². The molecule has 7 heteroatoms. The summed E-state index contributed by atoms with van der Waals surface area (Å²) < 4.78 is 0. The van der Waals surface area contributed by atoms with E-state index in [9.17, 15) is 4.79 Å². The number of piperidine rings is 1. The fraction of sp³-hybridized carbons (Fsp3) is 0.300. The van der Waals surface area contributed by atoms with Gasteiger partial charge in [0.2, 0.25) is 5.91 Å². The minimum atomic E-state index is -0.164. The Labute approximate surface area is 171 Å². The molecule has 0 saturated carbocycles. The second-order valence-corrected chi connectivity index (χ2v) is 6.57. The summed E-state index contributed by atoms with van der Waals surface area (Å²) in [6, 6.07) is 16.1. The zero-order chi connectivity index (χ0) is 17.1. The molecule has 4 rings (SSSR count). The molecule has 1 aromatic heterocycles. The third-order valence-electron chi connectivity index (χ3n) is 4.86. The zero-order valence-electron chi connectivity index (χ0n) is 14.9. The number of amides is 1. The second-order valence-electron chi connectivity index (χ2n) is 6.57. The number of imidazole rings is 1. The van der Waals surface area contributed by atoms with Gasteiger partial charge in [0, 0.05) is 6.54 Å². The molecule has 0 bridgehead atoms. The summed E-state index contributed by atoms with van der Waals surface area (Å²) >= 11 is 0. The lowest BCUT2D eigenvalue weighted by Crippen LogP contribution is -2.42. The van der Waals surface area contributed by atoms with E-state index < -0.39 is 0 Å². The van der Waals surface area contributed by atoms with Crippen LogP contribution in [0.15, 0.2) is 54.9 Å². The van der Waals surface area contributed by atoms with E-state index in [1.165, 1.54) is 0 Å². The quantitative estimate of drug-likeness (QED) is 0.619. The fourth-order valence-corrected chi connectivity index (χ4v) is 3.47. The number of halogens is 2. The van der Waals surface area contributed by atoms with Crippen molar-refractivity contribution in [1.82, 2.24) is 20.6 Å². The molecule has 1 amide bonds. The first-order chi connectivity index (χ1) is 12.3. The van der Waals surface area contributed by atoms with Crippen LogP contribution in [0.1, 0.15) is 30.0 Å². The Hall–Kier alpha value is -2.08. The van der Waals surface area contributed by atoms with Crippen LogP contribution in [0.4, 0.5) is 0 Å². The van der Waals surface area contributed by atoms with Crippen LogP contribution in [-0.2, 0) is 4.79 Å². The van der Waals surface area contributed by atoms with Crippen molar-refractivity contribution in [3.8, 4) is 0 Å². The van der Waals surface area contributed by atoms with E-state index in [2.05, 4.69) is 38.8 Å². The topological polar surface area (TPSA) is 69.8 Å². The van der Waals surface area contributed by atoms with E-state index in [1.807, 2.05) is 30.3 Å². The summed E-state index contributed by atoms with van der Waals surface area (Å²) in [4.78, 5) is 20.2. The van der Waals surface area contributed by atoms with Crippen molar-refractivity contribution in [2.45, 2.75) is 18.9 Å². The van der Waals surface area contributed by atoms with E-state index in [-0.39, 0.29) is 42.7 Å². The number of carbonyl (C=O) groups excluding carboxylic acids is 1. The Kier molecular flexibility index (Phi) is 7.66. The molecule has 2 unspecified atom stereocenters. The van der Waals surface area contributed by atoms with Crippen molar-refractivity contribution < 1.29 is 4.79 Å². The first-order valence-electron chi connectivity index (χ1n) is 8.80. The van der Waals surface area contributed by atoms with E-state index in [1.54, 1.807) is 6.33 Å². The average molecular weight is 407 g/mol. The van der Waals surface area contributed by atoms with E-state index >= 15 is 0 Å². The van der Waals surface area contributed by atoms with Crippen LogP contribution < -0.4 is 10.6 Å². The minimum absolute atomic E-state index is 0. The molecule has 144 valence electrons. The number of nitrogens with one attached hydrogen (secondary N) is 3. The van der Waals surface area contributed by atoms with Crippen molar-refractivity contribution >= 4 is 41.8 Å². The van der Waals surface area contributed by atoms with Gasteiger partial charge in [-0.25, -0.2) is 4.98 Å². The number of fused-ring (bicyclic) bond motifs is 1. The number of aromatic nitrogens is 2. The Morgan fingerprint density at radius 2 is 1.93 bits per heavy atom. The standard InChI is InChI=1S/C20H22N4O.2ClH/c25-20(16-7-4-10-21-12-16)24-19(14-5-2-1-3-6-14)15-8-9-17-18(11-15)23-13-22-17;;/h1-3,5-6,8-9,11,13,16,19,21H,4,7,10,12H2,(H,22,23)(H,24,25);2*1H. The van der Waals surface area contributed by atoms with Crippen molar-refractivity contribution in [3.05, 3.63) is 66.0 Å². The number of carbonyl (C=O) groups is 1. The molecule has 2 aromatic carbocycles. The highest BCUT2D eigenvalue weighted by Crippen LogP contribution is 2.25. The van der Waals surface area contributed by atoms with Gasteiger partial charge in [-0.15, -0.1) is 24.8 Å². The molecule has 0 aliphatic carbocycles. The molecular weight excluding hydrogens is 383 g/mol. The normalized spacial score (nSPS) is 17.4. The molecule has 1 saturated heterocycles. The highest BCUT2D eigenvalue weighted by atomic mass is 35.5. The maximum Gasteiger partial charge on any atom is 0.225 e. The molecule has 0 radical (unpaired) electrons. The second kappa shape index (κ2) is 9.74. The van der Waals surface area contributed by atoms with Crippen LogP contribution in [0.5, 0.6) is 0 Å². The largest absolute Gasteiger partial charge is 0.345 e. The minimum Gasteiger partial charge on any atom is -0.345 e. The molecule has 0 spiro atoms. The van der Waals surface area contributed by atoms with E-state index in [0.717, 1.165) is 48.1 Å². The Balaban J connectivity index is 0.00000131. The summed E-state index contributed by atoms with van der Waals surface area (Å²) in [7, 11) is 0. The Morgan fingerprint density at radius 1 is 1.11 bits per heavy atom. The molecule has 1 aliphatic heterocycles. The zero-order valence-corrected chi connectivity index (χ0v) is 16.5. The van der Waals surface area contributed by atoms with Crippen LogP contribution >= 0.6 is 24.8 Å². The van der Waals surface area contributed by atoms with Crippen LogP contribution in [-0.4, -0.2) is 29.0 Å². The number of H-pyrrole nitrogens is 1. The van der Waals surface area contributed by atoms with Crippen molar-refractivity contribution in [2.75, 3.05) is 13.1 Å². The highest BCUT2D eigenvalue weighted by molar-refractivity contribution is 5.85. The maximum atomic E-state index is 12.8. The lowest BCUT2D eigenvalue weighted by molar-refractivity contribution is -0.126. The van der Waals surface area contributed by atoms with Gasteiger partial charge in [-0.2, -0.15) is 0 Å². The van der Waals surface area contributed by atoms with Crippen LogP contribution in [0, 0.1) is 5.92 Å². The van der Waals surface area contributed by atoms with E-state index in [4.69, 9.17) is 0 Å². The number of hydrogen-bond acceptors (Lipinski definition) is 3. The van der Waals surface area contributed by atoms with Gasteiger partial charge in [0.15, 0.2) is 0 Å². The Bertz CT molecular complexity index is 863. The average Bonchev–Trinajstić information content (AvgIpc) is 3.15. The van der Waals surface area contributed by atoms with Gasteiger partial charge in [-0.3, -0.25) is 4.79 Å². The molecular formula is C20H24Cl2N4O. The monoisotopic (exact) mass is 406 g/mol. The third-order valence-corrected chi connectivity index (χ3v) is 4.86. The number of aromatic amines is 1. The predicted molar refractivity (Wildman–Crippen MR) is 113 cm³/mol. The summed E-state index contributed by atoms with van der Waals surface area (Å²) in [6.45, 7) is 1.76. The van der Waals surface area contributed by atoms with Crippen molar-refractivity contribution in [1.29, 1.82) is 0 Å². The van der Waals surface area contributed by atoms with Gasteiger partial charge in [-0.1, -0.05) is 36.4 Å². The highest BCUT2D eigenvalue weighted by Gasteiger charge is 2.25. The van der Waals surface area contributed by atoms with Gasteiger partial charge in [0.05, 0.1) is 29.3 Å². The molecule has 2 heterocycles. The maximum absolute atomic E-state index is 12.8. The first kappa shape index (κ1) is 21.2. The lowest BCUT2D eigenvalue weighted by atomic mass is 9.95. The molecule has 27 heavy (non-hydrogen) atoms. The number of hydrogen-bond donors (Lipinski definition) is 3. The summed E-state index contributed by atoms with van der Waals surface area (Å²) in [5, 5.41) is 6.58. The number of nitrogens with zero attached hydrogens (tertiary/aromatic N) is 1. The summed E-state index contributed by atoms with van der Waals surface area (Å²) in [5.41, 5.74) is 4.05. The molecule has 3 N–H and O–H groups in total. The Morgan fingerprint density at radius 3 is 2.67 bits per heavy atom. The van der Waals surface area contributed by atoms with Crippen LogP contribution in [0.2, 0.25) is 0 Å².